The van der Waals surface area contributed by atoms with Crippen molar-refractivity contribution >= 4 is 17.6 Å². The highest BCUT2D eigenvalue weighted by atomic mass is 16.5. The summed E-state index contributed by atoms with van der Waals surface area (Å²) in [6, 6.07) is 7.89. The van der Waals surface area contributed by atoms with Gasteiger partial charge >= 0.3 is 5.97 Å². The van der Waals surface area contributed by atoms with Crippen molar-refractivity contribution in [2.45, 2.75) is 12.8 Å². The molecule has 0 saturated carbocycles. The van der Waals surface area contributed by atoms with E-state index in [0.717, 1.165) is 24.5 Å². The van der Waals surface area contributed by atoms with E-state index in [-0.39, 0.29) is 5.91 Å². The molecule has 1 aliphatic carbocycles. The van der Waals surface area contributed by atoms with Crippen LogP contribution in [0, 0.1) is 11.8 Å². The zero-order valence-electron chi connectivity index (χ0n) is 14.4. The molecule has 1 aromatic rings. The maximum atomic E-state index is 12.8. The lowest BCUT2D eigenvalue weighted by Crippen LogP contribution is -2.52. The number of carboxylic acid groups (broad SMARTS) is 1. The van der Waals surface area contributed by atoms with Gasteiger partial charge in [0.05, 0.1) is 18.9 Å². The molecule has 1 heterocycles. The van der Waals surface area contributed by atoms with Crippen LogP contribution in [-0.4, -0.2) is 55.2 Å². The van der Waals surface area contributed by atoms with Crippen LogP contribution in [0.1, 0.15) is 12.8 Å². The fourth-order valence-corrected chi connectivity index (χ4v) is 3.57. The van der Waals surface area contributed by atoms with Gasteiger partial charge < -0.3 is 19.6 Å². The summed E-state index contributed by atoms with van der Waals surface area (Å²) in [7, 11) is 1.64. The molecule has 0 aromatic heterocycles. The molecule has 2 atom stereocenters. The van der Waals surface area contributed by atoms with Crippen molar-refractivity contribution in [3.05, 3.63) is 36.4 Å². The lowest BCUT2D eigenvalue weighted by molar-refractivity contribution is -0.150. The second kappa shape index (κ2) is 7.59. The minimum Gasteiger partial charge on any atom is -0.497 e. The SMILES string of the molecule is COc1ccc(N2CCN(C(=O)[C@@H]3CC=CC[C@H]3C(=O)O)CC2)cc1. The fraction of sp³-hybridized carbons (Fsp3) is 0.474. The quantitative estimate of drug-likeness (QED) is 0.846. The summed E-state index contributed by atoms with van der Waals surface area (Å²) in [4.78, 5) is 28.3. The third-order valence-electron chi connectivity index (χ3n) is 5.10. The van der Waals surface area contributed by atoms with Crippen LogP contribution in [0.5, 0.6) is 5.75 Å². The average Bonchev–Trinajstić information content (AvgIpc) is 2.67. The lowest BCUT2D eigenvalue weighted by atomic mass is 9.82. The highest BCUT2D eigenvalue weighted by molar-refractivity contribution is 5.85. The molecule has 1 aromatic carbocycles. The number of methoxy groups -OCH3 is 1. The average molecular weight is 344 g/mol. The van der Waals surface area contributed by atoms with E-state index >= 15 is 0 Å². The van der Waals surface area contributed by atoms with E-state index in [1.807, 2.05) is 41.3 Å². The summed E-state index contributed by atoms with van der Waals surface area (Å²) in [6.45, 7) is 2.74. The number of carbonyl (C=O) groups excluding carboxylic acids is 1. The number of carbonyl (C=O) groups is 2. The monoisotopic (exact) mass is 344 g/mol. The van der Waals surface area contributed by atoms with E-state index in [1.165, 1.54) is 0 Å². The standard InChI is InChI=1S/C19H24N2O4/c1-25-15-8-6-14(7-9-15)20-10-12-21(13-11-20)18(22)16-4-2-3-5-17(16)19(23)24/h2-3,6-9,16-17H,4-5,10-13H2,1H3,(H,23,24)/t16-,17-/m1/s1. The Morgan fingerprint density at radius 3 is 2.16 bits per heavy atom. The van der Waals surface area contributed by atoms with Gasteiger partial charge in [-0.25, -0.2) is 0 Å². The number of ether oxygens (including phenoxy) is 1. The molecule has 25 heavy (non-hydrogen) atoms. The third kappa shape index (κ3) is 3.78. The van der Waals surface area contributed by atoms with Gasteiger partial charge in [0.15, 0.2) is 0 Å². The molecular formula is C19H24N2O4. The normalized spacial score (nSPS) is 23.4. The molecule has 1 amide bonds. The van der Waals surface area contributed by atoms with E-state index in [9.17, 15) is 14.7 Å². The Morgan fingerprint density at radius 1 is 1.00 bits per heavy atom. The first-order chi connectivity index (χ1) is 12.1. The van der Waals surface area contributed by atoms with Crippen LogP contribution in [-0.2, 0) is 9.59 Å². The Bertz CT molecular complexity index is 648. The Balaban J connectivity index is 1.60. The number of carboxylic acids is 1. The lowest BCUT2D eigenvalue weighted by Gasteiger charge is -2.38. The summed E-state index contributed by atoms with van der Waals surface area (Å²) in [5.41, 5.74) is 1.11. The highest BCUT2D eigenvalue weighted by Gasteiger charge is 2.37. The fourth-order valence-electron chi connectivity index (χ4n) is 3.57. The number of anilines is 1. The number of allylic oxidation sites excluding steroid dienone is 2. The Kier molecular flexibility index (Phi) is 5.26. The summed E-state index contributed by atoms with van der Waals surface area (Å²) in [5, 5.41) is 9.37. The van der Waals surface area contributed by atoms with Crippen LogP contribution < -0.4 is 9.64 Å². The van der Waals surface area contributed by atoms with Crippen LogP contribution in [0.15, 0.2) is 36.4 Å². The van der Waals surface area contributed by atoms with Gasteiger partial charge in [0.25, 0.3) is 0 Å². The number of amides is 1. The van der Waals surface area contributed by atoms with E-state index < -0.39 is 17.8 Å². The molecule has 0 bridgehead atoms. The first-order valence-electron chi connectivity index (χ1n) is 8.65. The van der Waals surface area contributed by atoms with Gasteiger partial charge in [-0.05, 0) is 37.1 Å². The van der Waals surface area contributed by atoms with Crippen LogP contribution >= 0.6 is 0 Å². The van der Waals surface area contributed by atoms with Gasteiger partial charge in [-0.1, -0.05) is 12.2 Å². The largest absolute Gasteiger partial charge is 0.497 e. The van der Waals surface area contributed by atoms with E-state index in [0.29, 0.717) is 25.9 Å². The van der Waals surface area contributed by atoms with E-state index in [2.05, 4.69) is 4.90 Å². The number of hydrogen-bond acceptors (Lipinski definition) is 4. The van der Waals surface area contributed by atoms with Gasteiger partial charge in [-0.2, -0.15) is 0 Å². The van der Waals surface area contributed by atoms with Crippen molar-refractivity contribution in [3.63, 3.8) is 0 Å². The first-order valence-corrected chi connectivity index (χ1v) is 8.65. The smallest absolute Gasteiger partial charge is 0.307 e. The molecule has 0 spiro atoms. The number of rotatable bonds is 4. The predicted octanol–water partition coefficient (Wildman–Crippen LogP) is 2.01. The van der Waals surface area contributed by atoms with Crippen LogP contribution in [0.4, 0.5) is 5.69 Å². The molecule has 1 N–H and O–H groups in total. The van der Waals surface area contributed by atoms with Gasteiger partial charge in [-0.3, -0.25) is 9.59 Å². The molecular weight excluding hydrogens is 320 g/mol. The number of benzene rings is 1. The second-order valence-electron chi connectivity index (χ2n) is 6.50. The van der Waals surface area contributed by atoms with Crippen molar-refractivity contribution in [1.82, 2.24) is 4.90 Å². The van der Waals surface area contributed by atoms with Crippen molar-refractivity contribution < 1.29 is 19.4 Å². The Labute approximate surface area is 147 Å². The number of aliphatic carboxylic acids is 1. The second-order valence-corrected chi connectivity index (χ2v) is 6.50. The molecule has 1 aliphatic heterocycles. The molecule has 6 heteroatoms. The maximum absolute atomic E-state index is 12.8. The van der Waals surface area contributed by atoms with Crippen LogP contribution in [0.2, 0.25) is 0 Å². The summed E-state index contributed by atoms with van der Waals surface area (Å²) < 4.78 is 5.18. The Morgan fingerprint density at radius 2 is 1.60 bits per heavy atom. The van der Waals surface area contributed by atoms with Crippen LogP contribution in [0.25, 0.3) is 0 Å². The summed E-state index contributed by atoms with van der Waals surface area (Å²) >= 11 is 0. The minimum atomic E-state index is -0.875. The van der Waals surface area contributed by atoms with Crippen molar-refractivity contribution in [3.8, 4) is 5.75 Å². The zero-order valence-corrected chi connectivity index (χ0v) is 14.4. The topological polar surface area (TPSA) is 70.1 Å². The molecule has 0 radical (unpaired) electrons. The molecule has 1 saturated heterocycles. The molecule has 2 aliphatic rings. The number of hydrogen-bond donors (Lipinski definition) is 1. The van der Waals surface area contributed by atoms with Crippen molar-refractivity contribution in [2.24, 2.45) is 11.8 Å². The maximum Gasteiger partial charge on any atom is 0.307 e. The third-order valence-corrected chi connectivity index (χ3v) is 5.10. The number of piperazine rings is 1. The van der Waals surface area contributed by atoms with Gasteiger partial charge in [0.1, 0.15) is 5.75 Å². The summed E-state index contributed by atoms with van der Waals surface area (Å²) in [6.07, 6.45) is 4.76. The molecule has 134 valence electrons. The first kappa shape index (κ1) is 17.3. The predicted molar refractivity (Wildman–Crippen MR) is 94.8 cm³/mol. The van der Waals surface area contributed by atoms with Gasteiger partial charge in [-0.15, -0.1) is 0 Å². The molecule has 1 fully saturated rings. The Hall–Kier alpha value is -2.50. The molecule has 6 nitrogen and oxygen atoms in total. The van der Waals surface area contributed by atoms with E-state index in [4.69, 9.17) is 4.74 Å². The molecule has 0 unspecified atom stereocenters. The minimum absolute atomic E-state index is 0.0221. The van der Waals surface area contributed by atoms with Gasteiger partial charge in [0.2, 0.25) is 5.91 Å². The van der Waals surface area contributed by atoms with E-state index in [1.54, 1.807) is 7.11 Å². The molecule has 3 rings (SSSR count). The summed E-state index contributed by atoms with van der Waals surface area (Å²) in [5.74, 6) is -1.11. The highest BCUT2D eigenvalue weighted by Crippen LogP contribution is 2.28. The van der Waals surface area contributed by atoms with Crippen molar-refractivity contribution in [2.75, 3.05) is 38.2 Å². The zero-order chi connectivity index (χ0) is 17.8. The number of nitrogens with zero attached hydrogens (tertiary/aromatic N) is 2. The van der Waals surface area contributed by atoms with Crippen molar-refractivity contribution in [1.29, 1.82) is 0 Å². The van der Waals surface area contributed by atoms with Crippen LogP contribution in [0.3, 0.4) is 0 Å². The van der Waals surface area contributed by atoms with Gasteiger partial charge in [0, 0.05) is 31.9 Å².